The zero-order chi connectivity index (χ0) is 8.48. The molecule has 0 amide bonds. The van der Waals surface area contributed by atoms with E-state index in [0.717, 1.165) is 0 Å². The minimum Gasteiger partial charge on any atom is -0.239 e. The van der Waals surface area contributed by atoms with Gasteiger partial charge in [-0.3, -0.25) is 0 Å². The van der Waals surface area contributed by atoms with Gasteiger partial charge < -0.3 is 0 Å². The Morgan fingerprint density at radius 2 is 2.18 bits per heavy atom. The molecule has 0 fully saturated rings. The molecule has 0 saturated carbocycles. The first-order valence-corrected chi connectivity index (χ1v) is 4.65. The van der Waals surface area contributed by atoms with Crippen LogP contribution in [0, 0.1) is 0 Å². The molecule has 62 valence electrons. The molecular weight excluding hydrogens is 195 g/mol. The lowest BCUT2D eigenvalue weighted by molar-refractivity contribution is -0.137. The molecule has 1 nitrogen and oxygen atoms in total. The number of thioether (sulfide) groups is 1. The lowest BCUT2D eigenvalue weighted by Crippen LogP contribution is -2.02. The zero-order valence-electron chi connectivity index (χ0n) is 5.47. The molecule has 6 heteroatoms. The molecule has 0 unspecified atom stereocenters. The Morgan fingerprint density at radius 1 is 1.55 bits per heavy atom. The van der Waals surface area contributed by atoms with Gasteiger partial charge in [-0.05, 0) is 6.26 Å². The molecule has 0 radical (unpaired) electrons. The second-order valence-corrected chi connectivity index (χ2v) is 3.82. The second kappa shape index (κ2) is 3.02. The number of nitrogens with zero attached hydrogens (tertiary/aromatic N) is 1. The molecular formula is C5H4F3NS2. The van der Waals surface area contributed by atoms with Gasteiger partial charge in [0.1, 0.15) is 0 Å². The van der Waals surface area contributed by atoms with Crippen LogP contribution in [0.4, 0.5) is 13.2 Å². The molecule has 1 heterocycles. The van der Waals surface area contributed by atoms with Gasteiger partial charge in [-0.1, -0.05) is 0 Å². The average molecular weight is 199 g/mol. The van der Waals surface area contributed by atoms with E-state index < -0.39 is 11.2 Å². The van der Waals surface area contributed by atoms with Crippen molar-refractivity contribution in [3.05, 3.63) is 11.2 Å². The van der Waals surface area contributed by atoms with Crippen molar-refractivity contribution in [1.29, 1.82) is 0 Å². The first kappa shape index (κ1) is 8.86. The third kappa shape index (κ3) is 2.10. The Kier molecular flexibility index (Phi) is 2.43. The molecule has 0 bridgehead atoms. The van der Waals surface area contributed by atoms with Gasteiger partial charge in [0, 0.05) is 0 Å². The fourth-order valence-corrected chi connectivity index (χ4v) is 1.73. The first-order valence-electron chi connectivity index (χ1n) is 2.61. The smallest absolute Gasteiger partial charge is 0.239 e. The van der Waals surface area contributed by atoms with Gasteiger partial charge in [-0.15, -0.1) is 23.1 Å². The number of halogens is 3. The van der Waals surface area contributed by atoms with Crippen LogP contribution in [0.1, 0.15) is 5.01 Å². The zero-order valence-corrected chi connectivity index (χ0v) is 7.11. The summed E-state index contributed by atoms with van der Waals surface area (Å²) in [7, 11) is 0. The maximum atomic E-state index is 11.9. The normalized spacial score (nSPS) is 12.0. The number of rotatable bonds is 1. The lowest BCUT2D eigenvalue weighted by atomic mass is 10.7. The van der Waals surface area contributed by atoms with E-state index in [4.69, 9.17) is 0 Å². The van der Waals surface area contributed by atoms with E-state index in [2.05, 4.69) is 4.98 Å². The largest absolute Gasteiger partial charge is 0.443 e. The highest BCUT2D eigenvalue weighted by Gasteiger charge is 2.34. The molecule has 11 heavy (non-hydrogen) atoms. The number of hydrogen-bond acceptors (Lipinski definition) is 3. The van der Waals surface area contributed by atoms with Crippen LogP contribution in [-0.4, -0.2) is 11.2 Å². The van der Waals surface area contributed by atoms with Crippen molar-refractivity contribution in [3.8, 4) is 0 Å². The standard InChI is InChI=1S/C5H4F3NS2/c1-10-3-2-9-4(11-3)5(6,7)8/h2H,1H3. The Bertz CT molecular complexity index is 242. The fraction of sp³-hybridized carbons (Fsp3) is 0.400. The quantitative estimate of drug-likeness (QED) is 0.645. The molecule has 0 aliphatic carbocycles. The topological polar surface area (TPSA) is 12.9 Å². The van der Waals surface area contributed by atoms with E-state index in [0.29, 0.717) is 15.5 Å². The van der Waals surface area contributed by atoms with E-state index in [-0.39, 0.29) is 0 Å². The summed E-state index contributed by atoms with van der Waals surface area (Å²) in [5.41, 5.74) is 0. The molecule has 0 aromatic carbocycles. The Morgan fingerprint density at radius 3 is 2.45 bits per heavy atom. The van der Waals surface area contributed by atoms with Crippen LogP contribution in [0.25, 0.3) is 0 Å². The van der Waals surface area contributed by atoms with Crippen molar-refractivity contribution >= 4 is 23.1 Å². The lowest BCUT2D eigenvalue weighted by Gasteiger charge is -1.98. The van der Waals surface area contributed by atoms with E-state index in [9.17, 15) is 13.2 Å². The van der Waals surface area contributed by atoms with Gasteiger partial charge in [0.25, 0.3) is 0 Å². The SMILES string of the molecule is CSc1cnc(C(F)(F)F)s1. The van der Waals surface area contributed by atoms with Gasteiger partial charge in [-0.25, -0.2) is 4.98 Å². The highest BCUT2D eigenvalue weighted by atomic mass is 32.2. The monoisotopic (exact) mass is 199 g/mol. The van der Waals surface area contributed by atoms with Crippen LogP contribution in [0.15, 0.2) is 10.4 Å². The summed E-state index contributed by atoms with van der Waals surface area (Å²) < 4.78 is 36.2. The van der Waals surface area contributed by atoms with Crippen LogP contribution < -0.4 is 0 Å². The average Bonchev–Trinajstić information content (AvgIpc) is 2.32. The van der Waals surface area contributed by atoms with Gasteiger partial charge in [0.05, 0.1) is 10.4 Å². The molecule has 0 atom stereocenters. The van der Waals surface area contributed by atoms with Gasteiger partial charge in [0.15, 0.2) is 5.01 Å². The minimum absolute atomic E-state index is 0.581. The fourth-order valence-electron chi connectivity index (χ4n) is 0.485. The van der Waals surface area contributed by atoms with Crippen molar-refractivity contribution in [3.63, 3.8) is 0 Å². The van der Waals surface area contributed by atoms with Crippen LogP contribution in [-0.2, 0) is 6.18 Å². The van der Waals surface area contributed by atoms with E-state index >= 15 is 0 Å². The third-order valence-electron chi connectivity index (χ3n) is 0.928. The third-order valence-corrected chi connectivity index (χ3v) is 3.02. The molecule has 0 saturated heterocycles. The maximum Gasteiger partial charge on any atom is 0.443 e. The number of alkyl halides is 3. The summed E-state index contributed by atoms with van der Waals surface area (Å²) in [5, 5.41) is -0.776. The molecule has 0 spiro atoms. The Labute approximate surface area is 69.6 Å². The molecule has 0 aliphatic rings. The molecule has 1 rings (SSSR count). The summed E-state index contributed by atoms with van der Waals surface area (Å²) in [6, 6.07) is 0. The van der Waals surface area contributed by atoms with Crippen molar-refractivity contribution in [2.75, 3.05) is 6.26 Å². The maximum absolute atomic E-state index is 11.9. The van der Waals surface area contributed by atoms with E-state index in [1.54, 1.807) is 6.26 Å². The van der Waals surface area contributed by atoms with Crippen LogP contribution >= 0.6 is 23.1 Å². The molecule has 1 aromatic rings. The summed E-state index contributed by atoms with van der Waals surface area (Å²) in [6.45, 7) is 0. The van der Waals surface area contributed by atoms with Crippen molar-refractivity contribution in [2.24, 2.45) is 0 Å². The highest BCUT2D eigenvalue weighted by molar-refractivity contribution is 8.00. The number of hydrogen-bond donors (Lipinski definition) is 0. The van der Waals surface area contributed by atoms with Crippen molar-refractivity contribution in [2.45, 2.75) is 10.4 Å². The van der Waals surface area contributed by atoms with Crippen LogP contribution in [0.3, 0.4) is 0 Å². The summed E-state index contributed by atoms with van der Waals surface area (Å²) in [6.07, 6.45) is -1.34. The summed E-state index contributed by atoms with van der Waals surface area (Å²) >= 11 is 1.93. The predicted molar refractivity (Wildman–Crippen MR) is 38.9 cm³/mol. The van der Waals surface area contributed by atoms with Gasteiger partial charge in [0.2, 0.25) is 0 Å². The first-order chi connectivity index (χ1) is 5.04. The van der Waals surface area contributed by atoms with E-state index in [1.807, 2.05) is 0 Å². The highest BCUT2D eigenvalue weighted by Crippen LogP contribution is 2.34. The van der Waals surface area contributed by atoms with Gasteiger partial charge in [-0.2, -0.15) is 13.2 Å². The summed E-state index contributed by atoms with van der Waals surface area (Å²) in [4.78, 5) is 3.23. The van der Waals surface area contributed by atoms with Crippen molar-refractivity contribution in [1.82, 2.24) is 4.98 Å². The predicted octanol–water partition coefficient (Wildman–Crippen LogP) is 2.88. The molecule has 0 N–H and O–H groups in total. The summed E-state index contributed by atoms with van der Waals surface area (Å²) in [5.74, 6) is 0. The molecule has 1 aromatic heterocycles. The Balaban J connectivity index is 2.89. The number of thiazole rings is 1. The van der Waals surface area contributed by atoms with Gasteiger partial charge >= 0.3 is 6.18 Å². The minimum atomic E-state index is -4.29. The van der Waals surface area contributed by atoms with Crippen molar-refractivity contribution < 1.29 is 13.2 Å². The molecule has 0 aliphatic heterocycles. The number of aromatic nitrogens is 1. The Hall–Kier alpha value is -0.230. The second-order valence-electron chi connectivity index (χ2n) is 1.69. The van der Waals surface area contributed by atoms with E-state index in [1.165, 1.54) is 18.0 Å². The van der Waals surface area contributed by atoms with Crippen LogP contribution in [0.5, 0.6) is 0 Å². The van der Waals surface area contributed by atoms with Crippen LogP contribution in [0.2, 0.25) is 0 Å².